The van der Waals surface area contributed by atoms with Crippen LogP contribution < -0.4 is 14.9 Å². The number of carbonyl (C=O) groups excluding carboxylic acids is 1. The molecule has 0 saturated carbocycles. The highest BCUT2D eigenvalue weighted by molar-refractivity contribution is 7.10. The first-order valence-corrected chi connectivity index (χ1v) is 11.9. The van der Waals surface area contributed by atoms with Gasteiger partial charge in [-0.15, -0.1) is 11.3 Å². The van der Waals surface area contributed by atoms with Crippen LogP contribution in [0.15, 0.2) is 44.6 Å². The summed E-state index contributed by atoms with van der Waals surface area (Å²) in [5.41, 5.74) is 3.97. The molecule has 1 aliphatic heterocycles. The molecule has 168 valence electrons. The summed E-state index contributed by atoms with van der Waals surface area (Å²) in [4.78, 5) is 32.2. The van der Waals surface area contributed by atoms with E-state index in [-0.39, 0.29) is 5.56 Å². The van der Waals surface area contributed by atoms with Crippen molar-refractivity contribution in [3.63, 3.8) is 0 Å². The Hall–Kier alpha value is -2.75. The molecule has 4 rings (SSSR count). The van der Waals surface area contributed by atoms with Crippen molar-refractivity contribution in [2.24, 2.45) is 4.99 Å². The molecule has 3 aromatic rings. The Morgan fingerprint density at radius 1 is 1.28 bits per heavy atom. The van der Waals surface area contributed by atoms with Gasteiger partial charge in [-0.2, -0.15) is 0 Å². The average molecular weight is 472 g/mol. The predicted octanol–water partition coefficient (Wildman–Crippen LogP) is 2.53. The molecular weight excluding hydrogens is 446 g/mol. The Kier molecular flexibility index (Phi) is 6.32. The summed E-state index contributed by atoms with van der Waals surface area (Å²) in [6.45, 7) is 7.25. The number of hydrogen-bond acceptors (Lipinski definition) is 7. The van der Waals surface area contributed by atoms with E-state index in [0.717, 1.165) is 28.4 Å². The maximum Gasteiger partial charge on any atom is 0.338 e. The zero-order valence-electron chi connectivity index (χ0n) is 18.7. The molecule has 3 aromatic heterocycles. The van der Waals surface area contributed by atoms with Crippen molar-refractivity contribution in [3.8, 4) is 0 Å². The topological polar surface area (TPSA) is 74.8 Å². The van der Waals surface area contributed by atoms with Gasteiger partial charge in [0.2, 0.25) is 0 Å². The van der Waals surface area contributed by atoms with Gasteiger partial charge < -0.3 is 14.0 Å². The van der Waals surface area contributed by atoms with Crippen LogP contribution in [0.1, 0.15) is 34.8 Å². The number of nitrogens with zero attached hydrogens (tertiary/aromatic N) is 3. The number of allylic oxidation sites excluding steroid dienone is 1. The van der Waals surface area contributed by atoms with Crippen LogP contribution in [-0.2, 0) is 20.8 Å². The summed E-state index contributed by atoms with van der Waals surface area (Å²) < 4.78 is 14.6. The van der Waals surface area contributed by atoms with E-state index in [1.165, 1.54) is 29.8 Å². The first-order valence-electron chi connectivity index (χ1n) is 10.2. The van der Waals surface area contributed by atoms with Crippen molar-refractivity contribution >= 4 is 34.7 Å². The highest BCUT2D eigenvalue weighted by atomic mass is 32.1. The van der Waals surface area contributed by atoms with E-state index in [0.29, 0.717) is 27.2 Å². The van der Waals surface area contributed by atoms with Gasteiger partial charge in [0.05, 0.1) is 29.5 Å². The van der Waals surface area contributed by atoms with Gasteiger partial charge in [0.15, 0.2) is 4.80 Å². The molecule has 0 fully saturated rings. The maximum atomic E-state index is 13.5. The monoisotopic (exact) mass is 471 g/mol. The third kappa shape index (κ3) is 3.80. The van der Waals surface area contributed by atoms with Crippen molar-refractivity contribution in [1.29, 1.82) is 0 Å². The molecule has 0 aromatic carbocycles. The lowest BCUT2D eigenvalue weighted by Gasteiger charge is -2.22. The fourth-order valence-corrected chi connectivity index (χ4v) is 5.91. The first-order chi connectivity index (χ1) is 15.4. The Labute approximate surface area is 193 Å². The molecule has 0 N–H and O–H groups in total. The number of carbonyl (C=O) groups is 1. The van der Waals surface area contributed by atoms with Gasteiger partial charge in [-0.25, -0.2) is 9.79 Å². The normalized spacial score (nSPS) is 16.3. The molecule has 4 heterocycles. The number of thiazole rings is 1. The van der Waals surface area contributed by atoms with Crippen molar-refractivity contribution < 1.29 is 14.3 Å². The zero-order valence-corrected chi connectivity index (χ0v) is 20.3. The van der Waals surface area contributed by atoms with Gasteiger partial charge in [0, 0.05) is 29.9 Å². The van der Waals surface area contributed by atoms with Gasteiger partial charge in [-0.1, -0.05) is 17.4 Å². The average Bonchev–Trinajstić information content (AvgIpc) is 3.46. The van der Waals surface area contributed by atoms with E-state index in [4.69, 9.17) is 9.47 Å². The van der Waals surface area contributed by atoms with Crippen molar-refractivity contribution in [2.45, 2.75) is 33.4 Å². The van der Waals surface area contributed by atoms with Crippen LogP contribution in [0, 0.1) is 13.8 Å². The standard InChI is InChI=1S/C23H25N3O4S2/c1-13-11-16(15(3)25(13)8-9-29-4)12-18-21(27)26-20(17-7-6-10-31-17)19(22(28)30-5)14(2)24-23(26)32-18/h6-7,10-12,20H,8-9H2,1-5H3/b18-12-/t20-/m0/s1. The number of aryl methyl sites for hydroxylation is 1. The minimum absolute atomic E-state index is 0.164. The highest BCUT2D eigenvalue weighted by Crippen LogP contribution is 2.33. The number of aromatic nitrogens is 2. The second kappa shape index (κ2) is 9.01. The Balaban J connectivity index is 1.90. The van der Waals surface area contributed by atoms with Crippen molar-refractivity contribution in [1.82, 2.24) is 9.13 Å². The smallest absolute Gasteiger partial charge is 0.338 e. The molecule has 1 atom stereocenters. The molecule has 32 heavy (non-hydrogen) atoms. The molecule has 0 spiro atoms. The molecule has 0 amide bonds. The molecule has 9 heteroatoms. The number of rotatable bonds is 6. The number of hydrogen-bond donors (Lipinski definition) is 0. The van der Waals surface area contributed by atoms with Crippen LogP contribution in [-0.4, -0.2) is 35.9 Å². The molecule has 0 aliphatic carbocycles. The number of thiophene rings is 1. The van der Waals surface area contributed by atoms with Crippen LogP contribution in [0.2, 0.25) is 0 Å². The quantitative estimate of drug-likeness (QED) is 0.518. The SMILES string of the molecule is COCCn1c(C)cc(/C=c2\sc3n(c2=O)[C@@H](c2cccs2)C(C(=O)OC)=C(C)N=3)c1C. The van der Waals surface area contributed by atoms with Crippen LogP contribution in [0.25, 0.3) is 6.08 Å². The van der Waals surface area contributed by atoms with E-state index in [2.05, 4.69) is 15.6 Å². The fraction of sp³-hybridized carbons (Fsp3) is 0.348. The van der Waals surface area contributed by atoms with Gasteiger partial charge >= 0.3 is 5.97 Å². The summed E-state index contributed by atoms with van der Waals surface area (Å²) in [6, 6.07) is 5.37. The minimum Gasteiger partial charge on any atom is -0.466 e. The molecular formula is C23H25N3O4S2. The number of fused-ring (bicyclic) bond motifs is 1. The lowest BCUT2D eigenvalue weighted by atomic mass is 10.0. The van der Waals surface area contributed by atoms with E-state index in [9.17, 15) is 9.59 Å². The third-order valence-corrected chi connectivity index (χ3v) is 7.57. The summed E-state index contributed by atoms with van der Waals surface area (Å²) >= 11 is 2.84. The summed E-state index contributed by atoms with van der Waals surface area (Å²) in [5, 5.41) is 1.93. The lowest BCUT2D eigenvalue weighted by molar-refractivity contribution is -0.136. The van der Waals surface area contributed by atoms with Crippen LogP contribution in [0.4, 0.5) is 0 Å². The predicted molar refractivity (Wildman–Crippen MR) is 126 cm³/mol. The van der Waals surface area contributed by atoms with E-state index in [1.54, 1.807) is 18.6 Å². The van der Waals surface area contributed by atoms with Crippen LogP contribution in [0.5, 0.6) is 0 Å². The number of esters is 1. The lowest BCUT2D eigenvalue weighted by Crippen LogP contribution is -2.39. The zero-order chi connectivity index (χ0) is 23.0. The molecule has 7 nitrogen and oxygen atoms in total. The van der Waals surface area contributed by atoms with E-state index >= 15 is 0 Å². The Morgan fingerprint density at radius 2 is 2.06 bits per heavy atom. The third-order valence-electron chi connectivity index (χ3n) is 5.66. The molecule has 0 bridgehead atoms. The van der Waals surface area contributed by atoms with Gasteiger partial charge in [-0.05, 0) is 49.9 Å². The highest BCUT2D eigenvalue weighted by Gasteiger charge is 2.33. The maximum absolute atomic E-state index is 13.5. The summed E-state index contributed by atoms with van der Waals surface area (Å²) in [7, 11) is 3.03. The summed E-state index contributed by atoms with van der Waals surface area (Å²) in [5.74, 6) is -0.472. The second-order valence-corrected chi connectivity index (χ2v) is 9.55. The van der Waals surface area contributed by atoms with Crippen molar-refractivity contribution in [3.05, 3.63) is 76.4 Å². The van der Waals surface area contributed by atoms with Crippen LogP contribution >= 0.6 is 22.7 Å². The number of ether oxygens (including phenoxy) is 2. The second-order valence-electron chi connectivity index (χ2n) is 7.56. The largest absolute Gasteiger partial charge is 0.466 e. The van der Waals surface area contributed by atoms with Gasteiger partial charge in [0.1, 0.15) is 6.04 Å². The molecule has 0 radical (unpaired) electrons. The van der Waals surface area contributed by atoms with Crippen molar-refractivity contribution in [2.75, 3.05) is 20.8 Å². The molecule has 0 unspecified atom stereocenters. The van der Waals surface area contributed by atoms with E-state index < -0.39 is 12.0 Å². The van der Waals surface area contributed by atoms with Crippen LogP contribution in [0.3, 0.4) is 0 Å². The Bertz CT molecular complexity index is 1370. The van der Waals surface area contributed by atoms with Gasteiger partial charge in [-0.3, -0.25) is 9.36 Å². The Morgan fingerprint density at radius 3 is 2.72 bits per heavy atom. The first kappa shape index (κ1) is 22.4. The fourth-order valence-electron chi connectivity index (χ4n) is 4.05. The summed E-state index contributed by atoms with van der Waals surface area (Å²) in [6.07, 6.45) is 1.91. The molecule has 0 saturated heterocycles. The number of methoxy groups -OCH3 is 2. The van der Waals surface area contributed by atoms with Gasteiger partial charge in [0.25, 0.3) is 5.56 Å². The minimum atomic E-state index is -0.546. The van der Waals surface area contributed by atoms with E-state index in [1.807, 2.05) is 37.4 Å². The molecule has 1 aliphatic rings.